The van der Waals surface area contributed by atoms with Gasteiger partial charge >= 0.3 is 0 Å². The van der Waals surface area contributed by atoms with Crippen LogP contribution in [-0.2, 0) is 10.2 Å². The lowest BCUT2D eigenvalue weighted by molar-refractivity contribution is 0.296. The first-order chi connectivity index (χ1) is 8.51. The fourth-order valence-corrected chi connectivity index (χ4v) is 3.36. The predicted octanol–water partition coefficient (Wildman–Crippen LogP) is 0.462. The normalized spacial score (nSPS) is 22.3. The van der Waals surface area contributed by atoms with Crippen LogP contribution < -0.4 is 0 Å². The Hall–Kier alpha value is -1.05. The van der Waals surface area contributed by atoms with E-state index < -0.39 is 10.2 Å². The van der Waals surface area contributed by atoms with Crippen molar-refractivity contribution >= 4 is 10.2 Å². The van der Waals surface area contributed by atoms with E-state index >= 15 is 0 Å². The summed E-state index contributed by atoms with van der Waals surface area (Å²) in [7, 11) is -0.199. The minimum absolute atomic E-state index is 0.163. The van der Waals surface area contributed by atoms with Gasteiger partial charge in [0, 0.05) is 45.0 Å². The van der Waals surface area contributed by atoms with E-state index in [9.17, 15) is 8.42 Å². The van der Waals surface area contributed by atoms with Crippen molar-refractivity contribution in [3.8, 4) is 0 Å². The highest BCUT2D eigenvalue weighted by molar-refractivity contribution is 7.86. The van der Waals surface area contributed by atoms with Crippen molar-refractivity contribution in [2.45, 2.75) is 18.8 Å². The maximum Gasteiger partial charge on any atom is 0.281 e. The molecule has 18 heavy (non-hydrogen) atoms. The molecule has 0 spiro atoms. The lowest BCUT2D eigenvalue weighted by atomic mass is 9.96. The summed E-state index contributed by atoms with van der Waals surface area (Å²) >= 11 is 0. The third-order valence-electron chi connectivity index (χ3n) is 3.19. The van der Waals surface area contributed by atoms with E-state index in [-0.39, 0.29) is 5.92 Å². The SMILES string of the molecule is CN(C)S(=O)(=O)N1CCCC(c2ccncn2)C1. The van der Waals surface area contributed by atoms with Gasteiger partial charge < -0.3 is 0 Å². The fourth-order valence-electron chi connectivity index (χ4n) is 2.17. The van der Waals surface area contributed by atoms with Crippen LogP contribution in [0, 0.1) is 0 Å². The highest BCUT2D eigenvalue weighted by Gasteiger charge is 2.31. The van der Waals surface area contributed by atoms with Gasteiger partial charge in [-0.2, -0.15) is 17.0 Å². The van der Waals surface area contributed by atoms with Gasteiger partial charge in [-0.05, 0) is 18.9 Å². The molecule has 0 saturated carbocycles. The number of aromatic nitrogens is 2. The van der Waals surface area contributed by atoms with E-state index in [1.807, 2.05) is 6.07 Å². The maximum absolute atomic E-state index is 12.1. The minimum atomic E-state index is -3.32. The fraction of sp³-hybridized carbons (Fsp3) is 0.636. The van der Waals surface area contributed by atoms with Crippen molar-refractivity contribution in [2.24, 2.45) is 0 Å². The molecule has 0 aromatic carbocycles. The molecule has 1 unspecified atom stereocenters. The number of hydrogen-bond acceptors (Lipinski definition) is 4. The summed E-state index contributed by atoms with van der Waals surface area (Å²) in [5, 5.41) is 0. The summed E-state index contributed by atoms with van der Waals surface area (Å²) in [6.45, 7) is 1.08. The predicted molar refractivity (Wildman–Crippen MR) is 68.2 cm³/mol. The summed E-state index contributed by atoms with van der Waals surface area (Å²) in [5.74, 6) is 0.163. The van der Waals surface area contributed by atoms with E-state index in [2.05, 4.69) is 9.97 Å². The topological polar surface area (TPSA) is 66.4 Å². The van der Waals surface area contributed by atoms with Gasteiger partial charge in [-0.3, -0.25) is 0 Å². The van der Waals surface area contributed by atoms with Crippen LogP contribution in [0.5, 0.6) is 0 Å². The van der Waals surface area contributed by atoms with E-state index in [0.29, 0.717) is 13.1 Å². The summed E-state index contributed by atoms with van der Waals surface area (Å²) in [4.78, 5) is 8.10. The van der Waals surface area contributed by atoms with Crippen LogP contribution in [0.1, 0.15) is 24.5 Å². The van der Waals surface area contributed by atoms with Gasteiger partial charge in [0.2, 0.25) is 0 Å². The molecule has 0 N–H and O–H groups in total. The van der Waals surface area contributed by atoms with Crippen molar-refractivity contribution in [1.29, 1.82) is 0 Å². The number of hydrogen-bond donors (Lipinski definition) is 0. The first-order valence-corrected chi connectivity index (χ1v) is 7.35. The largest absolute Gasteiger partial charge is 0.281 e. The van der Waals surface area contributed by atoms with Crippen molar-refractivity contribution in [3.05, 3.63) is 24.3 Å². The molecule has 6 nitrogen and oxygen atoms in total. The molecule has 2 rings (SSSR count). The van der Waals surface area contributed by atoms with Gasteiger partial charge in [-0.15, -0.1) is 0 Å². The van der Waals surface area contributed by atoms with Crippen LogP contribution in [0.3, 0.4) is 0 Å². The van der Waals surface area contributed by atoms with Crippen LogP contribution in [0.15, 0.2) is 18.6 Å². The molecule has 7 heteroatoms. The van der Waals surface area contributed by atoms with Gasteiger partial charge in [0.05, 0.1) is 0 Å². The van der Waals surface area contributed by atoms with Gasteiger partial charge in [-0.1, -0.05) is 0 Å². The number of rotatable bonds is 3. The maximum atomic E-state index is 12.1. The molecule has 1 aliphatic heterocycles. The standard InChI is InChI=1S/C11H18N4O2S/c1-14(2)18(16,17)15-7-3-4-10(8-15)11-5-6-12-9-13-11/h5-6,9-10H,3-4,7-8H2,1-2H3. The molecule has 2 heterocycles. The van der Waals surface area contributed by atoms with Gasteiger partial charge in [-0.25, -0.2) is 9.97 Å². The van der Waals surface area contributed by atoms with Crippen LogP contribution in [0.2, 0.25) is 0 Å². The molecule has 1 fully saturated rings. The average molecular weight is 270 g/mol. The minimum Gasteiger partial charge on any atom is -0.245 e. The Morgan fingerprint density at radius 3 is 2.83 bits per heavy atom. The zero-order valence-corrected chi connectivity index (χ0v) is 11.5. The van der Waals surface area contributed by atoms with E-state index in [4.69, 9.17) is 0 Å². The monoisotopic (exact) mass is 270 g/mol. The highest BCUT2D eigenvalue weighted by atomic mass is 32.2. The Labute approximate surface area is 108 Å². The zero-order chi connectivity index (χ0) is 13.2. The van der Waals surface area contributed by atoms with Crippen LogP contribution in [0.25, 0.3) is 0 Å². The van der Waals surface area contributed by atoms with Crippen molar-refractivity contribution in [3.63, 3.8) is 0 Å². The number of nitrogens with zero attached hydrogens (tertiary/aromatic N) is 4. The van der Waals surface area contributed by atoms with Gasteiger partial charge in [0.15, 0.2) is 0 Å². The van der Waals surface area contributed by atoms with E-state index in [1.165, 1.54) is 14.9 Å². The third-order valence-corrected chi connectivity index (χ3v) is 5.10. The van der Waals surface area contributed by atoms with Crippen molar-refractivity contribution in [1.82, 2.24) is 18.6 Å². The smallest absolute Gasteiger partial charge is 0.245 e. The van der Waals surface area contributed by atoms with Gasteiger partial charge in [0.25, 0.3) is 10.2 Å². The summed E-state index contributed by atoms with van der Waals surface area (Å²) < 4.78 is 27.0. The lowest BCUT2D eigenvalue weighted by Gasteiger charge is -2.33. The van der Waals surface area contributed by atoms with Crippen molar-refractivity contribution in [2.75, 3.05) is 27.2 Å². The summed E-state index contributed by atoms with van der Waals surface area (Å²) in [5.41, 5.74) is 0.920. The van der Waals surface area contributed by atoms with Gasteiger partial charge in [0.1, 0.15) is 6.33 Å². The average Bonchev–Trinajstić information content (AvgIpc) is 2.40. The second-order valence-corrected chi connectivity index (χ2v) is 6.76. The Morgan fingerprint density at radius 2 is 2.22 bits per heavy atom. The zero-order valence-electron chi connectivity index (χ0n) is 10.7. The second-order valence-electron chi connectivity index (χ2n) is 4.62. The Morgan fingerprint density at radius 1 is 1.44 bits per heavy atom. The molecular weight excluding hydrogens is 252 g/mol. The third kappa shape index (κ3) is 2.68. The van der Waals surface area contributed by atoms with Crippen molar-refractivity contribution < 1.29 is 8.42 Å². The Kier molecular flexibility index (Phi) is 3.94. The molecule has 0 bridgehead atoms. The molecule has 0 aliphatic carbocycles. The van der Waals surface area contributed by atoms with Crippen LogP contribution in [0.4, 0.5) is 0 Å². The lowest BCUT2D eigenvalue weighted by Crippen LogP contribution is -2.45. The molecule has 1 aliphatic rings. The first-order valence-electron chi connectivity index (χ1n) is 5.95. The number of piperidine rings is 1. The summed E-state index contributed by atoms with van der Waals surface area (Å²) in [6.07, 6.45) is 5.04. The second kappa shape index (κ2) is 5.29. The molecule has 100 valence electrons. The molecule has 0 amide bonds. The molecular formula is C11H18N4O2S. The molecule has 0 radical (unpaired) electrons. The molecule has 1 aromatic rings. The van der Waals surface area contributed by atoms with Crippen LogP contribution >= 0.6 is 0 Å². The van der Waals surface area contributed by atoms with Crippen LogP contribution in [-0.4, -0.2) is 54.2 Å². The Bertz CT molecular complexity index is 489. The molecule has 1 atom stereocenters. The first kappa shape index (κ1) is 13.4. The Balaban J connectivity index is 2.15. The van der Waals surface area contributed by atoms with E-state index in [0.717, 1.165) is 18.5 Å². The van der Waals surface area contributed by atoms with E-state index in [1.54, 1.807) is 20.3 Å². The highest BCUT2D eigenvalue weighted by Crippen LogP contribution is 2.27. The summed E-state index contributed by atoms with van der Waals surface area (Å²) in [6, 6.07) is 1.86. The molecule has 1 aromatic heterocycles. The molecule has 1 saturated heterocycles. The quantitative estimate of drug-likeness (QED) is 0.800.